The number of anilines is 1. The average Bonchev–Trinajstić information content (AvgIpc) is 3.29. The summed E-state index contributed by atoms with van der Waals surface area (Å²) >= 11 is 0. The SMILES string of the molecule is CN1CCCN(C(=O)c2cc(-c3cnc(N4CCCC4)nc3)cn2C)CC1. The summed E-state index contributed by atoms with van der Waals surface area (Å²) in [6.45, 7) is 5.64. The first-order valence-electron chi connectivity index (χ1n) is 9.83. The van der Waals surface area contributed by atoms with E-state index in [1.165, 1.54) is 12.8 Å². The standard InChI is InChI=1S/C20H28N6O/c1-23-6-5-9-25(11-10-23)19(27)18-12-16(15-24(18)2)17-13-21-20(22-14-17)26-7-3-4-8-26/h12-15H,3-11H2,1-2H3. The molecule has 2 aliphatic rings. The molecule has 0 bridgehead atoms. The Balaban J connectivity index is 1.51. The monoisotopic (exact) mass is 368 g/mol. The molecule has 2 fully saturated rings. The Hall–Kier alpha value is -2.41. The van der Waals surface area contributed by atoms with Gasteiger partial charge in [-0.2, -0.15) is 0 Å². The molecule has 7 heteroatoms. The van der Waals surface area contributed by atoms with Crippen LogP contribution in [-0.4, -0.2) is 76.6 Å². The van der Waals surface area contributed by atoms with Crippen molar-refractivity contribution in [2.24, 2.45) is 7.05 Å². The minimum absolute atomic E-state index is 0.105. The zero-order chi connectivity index (χ0) is 18.8. The van der Waals surface area contributed by atoms with Gasteiger partial charge in [0.1, 0.15) is 5.69 Å². The van der Waals surface area contributed by atoms with Gasteiger partial charge in [-0.3, -0.25) is 4.79 Å². The minimum atomic E-state index is 0.105. The van der Waals surface area contributed by atoms with Crippen LogP contribution >= 0.6 is 0 Å². The second-order valence-corrected chi connectivity index (χ2v) is 7.64. The zero-order valence-electron chi connectivity index (χ0n) is 16.3. The van der Waals surface area contributed by atoms with Crippen LogP contribution in [0, 0.1) is 0 Å². The highest BCUT2D eigenvalue weighted by molar-refractivity contribution is 5.94. The Morgan fingerprint density at radius 3 is 2.37 bits per heavy atom. The number of aromatic nitrogens is 3. The molecule has 0 unspecified atom stereocenters. The third-order valence-electron chi connectivity index (χ3n) is 5.59. The number of likely N-dealkylation sites (N-methyl/N-ethyl adjacent to an activating group) is 1. The lowest BCUT2D eigenvalue weighted by atomic mass is 10.2. The highest BCUT2D eigenvalue weighted by Gasteiger charge is 2.22. The molecule has 2 aromatic rings. The Kier molecular flexibility index (Phi) is 5.11. The van der Waals surface area contributed by atoms with Gasteiger partial charge in [-0.15, -0.1) is 0 Å². The van der Waals surface area contributed by atoms with E-state index < -0.39 is 0 Å². The normalized spacial score (nSPS) is 18.7. The molecule has 1 amide bonds. The van der Waals surface area contributed by atoms with Crippen LogP contribution in [0.15, 0.2) is 24.7 Å². The van der Waals surface area contributed by atoms with Crippen LogP contribution in [-0.2, 0) is 7.05 Å². The van der Waals surface area contributed by atoms with Crippen molar-refractivity contribution in [3.8, 4) is 11.1 Å². The van der Waals surface area contributed by atoms with Crippen molar-refractivity contribution in [2.75, 3.05) is 51.2 Å². The summed E-state index contributed by atoms with van der Waals surface area (Å²) in [5.74, 6) is 0.908. The number of nitrogens with zero attached hydrogens (tertiary/aromatic N) is 6. The first kappa shape index (κ1) is 18.0. The van der Waals surface area contributed by atoms with Gasteiger partial charge in [-0.05, 0) is 38.9 Å². The number of amides is 1. The van der Waals surface area contributed by atoms with Crippen LogP contribution in [0.2, 0.25) is 0 Å². The maximum Gasteiger partial charge on any atom is 0.270 e. The highest BCUT2D eigenvalue weighted by Crippen LogP contribution is 2.23. The summed E-state index contributed by atoms with van der Waals surface area (Å²) in [4.78, 5) is 28.5. The van der Waals surface area contributed by atoms with Crippen LogP contribution in [0.1, 0.15) is 29.8 Å². The van der Waals surface area contributed by atoms with Gasteiger partial charge in [0.05, 0.1) is 0 Å². The van der Waals surface area contributed by atoms with E-state index in [2.05, 4.69) is 26.8 Å². The molecule has 0 saturated carbocycles. The summed E-state index contributed by atoms with van der Waals surface area (Å²) in [6, 6.07) is 1.96. The van der Waals surface area contributed by atoms with Crippen molar-refractivity contribution in [3.63, 3.8) is 0 Å². The van der Waals surface area contributed by atoms with Gasteiger partial charge in [0.15, 0.2) is 0 Å². The molecule has 0 N–H and O–H groups in total. The first-order chi connectivity index (χ1) is 13.1. The molecule has 0 atom stereocenters. The van der Waals surface area contributed by atoms with Crippen molar-refractivity contribution in [2.45, 2.75) is 19.3 Å². The lowest BCUT2D eigenvalue weighted by Gasteiger charge is -2.20. The molecular formula is C20H28N6O. The number of hydrogen-bond acceptors (Lipinski definition) is 5. The lowest BCUT2D eigenvalue weighted by molar-refractivity contribution is 0.0753. The van der Waals surface area contributed by atoms with Crippen LogP contribution in [0.4, 0.5) is 5.95 Å². The van der Waals surface area contributed by atoms with Gasteiger partial charge in [0.2, 0.25) is 5.95 Å². The van der Waals surface area contributed by atoms with Crippen molar-refractivity contribution in [1.29, 1.82) is 0 Å². The van der Waals surface area contributed by atoms with Gasteiger partial charge in [0.25, 0.3) is 5.91 Å². The van der Waals surface area contributed by atoms with Crippen molar-refractivity contribution < 1.29 is 4.79 Å². The molecule has 27 heavy (non-hydrogen) atoms. The van der Waals surface area contributed by atoms with E-state index in [4.69, 9.17) is 0 Å². The second kappa shape index (κ2) is 7.68. The number of hydrogen-bond donors (Lipinski definition) is 0. The fraction of sp³-hybridized carbons (Fsp3) is 0.550. The summed E-state index contributed by atoms with van der Waals surface area (Å²) < 4.78 is 1.92. The molecule has 4 heterocycles. The lowest BCUT2D eigenvalue weighted by Crippen LogP contribution is -2.35. The van der Waals surface area contributed by atoms with Crippen molar-refractivity contribution in [1.82, 2.24) is 24.3 Å². The van der Waals surface area contributed by atoms with Crippen molar-refractivity contribution in [3.05, 3.63) is 30.4 Å². The largest absolute Gasteiger partial charge is 0.346 e. The van der Waals surface area contributed by atoms with Gasteiger partial charge >= 0.3 is 0 Å². The molecule has 0 radical (unpaired) electrons. The van der Waals surface area contributed by atoms with E-state index >= 15 is 0 Å². The fourth-order valence-corrected chi connectivity index (χ4v) is 3.90. The molecule has 144 valence electrons. The molecule has 0 aromatic carbocycles. The van der Waals surface area contributed by atoms with E-state index in [0.29, 0.717) is 0 Å². The van der Waals surface area contributed by atoms with E-state index in [-0.39, 0.29) is 5.91 Å². The van der Waals surface area contributed by atoms with Crippen molar-refractivity contribution >= 4 is 11.9 Å². The molecule has 7 nitrogen and oxygen atoms in total. The molecule has 0 aliphatic carbocycles. The predicted octanol–water partition coefficient (Wildman–Crippen LogP) is 1.86. The van der Waals surface area contributed by atoms with Gasteiger partial charge in [0, 0.05) is 69.5 Å². The fourth-order valence-electron chi connectivity index (χ4n) is 3.90. The third-order valence-corrected chi connectivity index (χ3v) is 5.59. The Morgan fingerprint density at radius 1 is 0.889 bits per heavy atom. The topological polar surface area (TPSA) is 57.5 Å². The molecule has 2 saturated heterocycles. The quantitative estimate of drug-likeness (QED) is 0.828. The highest BCUT2D eigenvalue weighted by atomic mass is 16.2. The zero-order valence-corrected chi connectivity index (χ0v) is 16.3. The molecule has 2 aromatic heterocycles. The van der Waals surface area contributed by atoms with Crippen LogP contribution in [0.25, 0.3) is 11.1 Å². The van der Waals surface area contributed by atoms with Crippen LogP contribution in [0.5, 0.6) is 0 Å². The Morgan fingerprint density at radius 2 is 1.63 bits per heavy atom. The summed E-state index contributed by atoms with van der Waals surface area (Å²) in [7, 11) is 4.04. The van der Waals surface area contributed by atoms with E-state index in [0.717, 1.165) is 68.5 Å². The Labute approximate surface area is 160 Å². The smallest absolute Gasteiger partial charge is 0.270 e. The van der Waals surface area contributed by atoms with E-state index in [9.17, 15) is 4.79 Å². The third kappa shape index (κ3) is 3.83. The van der Waals surface area contributed by atoms with Gasteiger partial charge < -0.3 is 19.3 Å². The second-order valence-electron chi connectivity index (χ2n) is 7.64. The minimum Gasteiger partial charge on any atom is -0.346 e. The maximum atomic E-state index is 13.0. The van der Waals surface area contributed by atoms with Crippen LogP contribution < -0.4 is 4.90 Å². The molecular weight excluding hydrogens is 340 g/mol. The first-order valence-corrected chi connectivity index (χ1v) is 9.83. The molecule has 4 rings (SSSR count). The van der Waals surface area contributed by atoms with Gasteiger partial charge in [-0.25, -0.2) is 9.97 Å². The summed E-state index contributed by atoms with van der Waals surface area (Å²) in [6.07, 6.45) is 9.16. The molecule has 2 aliphatic heterocycles. The number of aryl methyl sites for hydroxylation is 1. The molecule has 0 spiro atoms. The number of carbonyl (C=O) groups is 1. The average molecular weight is 368 g/mol. The van der Waals surface area contributed by atoms with E-state index in [1.54, 1.807) is 0 Å². The summed E-state index contributed by atoms with van der Waals surface area (Å²) in [5.41, 5.74) is 2.65. The number of rotatable bonds is 3. The van der Waals surface area contributed by atoms with Gasteiger partial charge in [-0.1, -0.05) is 0 Å². The maximum absolute atomic E-state index is 13.0. The van der Waals surface area contributed by atoms with Crippen LogP contribution in [0.3, 0.4) is 0 Å². The Bertz CT molecular complexity index is 793. The number of carbonyl (C=O) groups excluding carboxylic acids is 1. The summed E-state index contributed by atoms with van der Waals surface area (Å²) in [5, 5.41) is 0. The van der Waals surface area contributed by atoms with E-state index in [1.807, 2.05) is 41.2 Å². The predicted molar refractivity (Wildman–Crippen MR) is 106 cm³/mol.